The van der Waals surface area contributed by atoms with E-state index in [1.807, 2.05) is 24.7 Å². The van der Waals surface area contributed by atoms with Crippen LogP contribution in [0.3, 0.4) is 0 Å². The smallest absolute Gasteiger partial charge is 0.281 e. The Morgan fingerprint density at radius 2 is 2.00 bits per heavy atom. The van der Waals surface area contributed by atoms with E-state index in [-0.39, 0.29) is 12.1 Å². The van der Waals surface area contributed by atoms with Gasteiger partial charge in [0.05, 0.1) is 6.04 Å². The van der Waals surface area contributed by atoms with Gasteiger partial charge in [-0.3, -0.25) is 4.68 Å². The van der Waals surface area contributed by atoms with E-state index in [9.17, 15) is 8.42 Å². The third-order valence-electron chi connectivity index (χ3n) is 3.84. The van der Waals surface area contributed by atoms with E-state index >= 15 is 0 Å². The molecule has 1 aromatic rings. The molecule has 2 heterocycles. The van der Waals surface area contributed by atoms with Crippen LogP contribution in [0.4, 0.5) is 5.82 Å². The van der Waals surface area contributed by atoms with Crippen molar-refractivity contribution in [3.8, 4) is 0 Å². The van der Waals surface area contributed by atoms with Gasteiger partial charge in [-0.05, 0) is 32.8 Å². The third kappa shape index (κ3) is 2.97. The molecule has 0 spiro atoms. The predicted molar refractivity (Wildman–Crippen MR) is 78.3 cm³/mol. The quantitative estimate of drug-likeness (QED) is 0.886. The van der Waals surface area contributed by atoms with Crippen LogP contribution in [-0.2, 0) is 10.2 Å². The molecular weight excluding hydrogens is 278 g/mol. The van der Waals surface area contributed by atoms with Gasteiger partial charge in [0.15, 0.2) is 0 Å². The van der Waals surface area contributed by atoms with Crippen molar-refractivity contribution in [1.82, 2.24) is 18.4 Å². The number of hydrogen-bond acceptors (Lipinski definition) is 4. The molecule has 1 aromatic heterocycles. The maximum Gasteiger partial charge on any atom is 0.281 e. The molecule has 114 valence electrons. The second-order valence-corrected chi connectivity index (χ2v) is 7.46. The average Bonchev–Trinajstić information content (AvgIpc) is 2.84. The van der Waals surface area contributed by atoms with Gasteiger partial charge in [-0.15, -0.1) is 0 Å². The van der Waals surface area contributed by atoms with Crippen molar-refractivity contribution in [2.45, 2.75) is 38.8 Å². The minimum Gasteiger partial charge on any atom is -0.382 e. The zero-order valence-corrected chi connectivity index (χ0v) is 13.0. The fourth-order valence-electron chi connectivity index (χ4n) is 2.34. The van der Waals surface area contributed by atoms with Gasteiger partial charge < -0.3 is 5.73 Å². The standard InChI is InChI=1S/C12H23N5O2S/c1-10(2)15(3)20(18,19)16-7-4-11(5-8-16)17-9-6-12(13)14-17/h6,9-11H,4-5,7-8H2,1-3H3,(H2,13,14). The van der Waals surface area contributed by atoms with Gasteiger partial charge in [-0.25, -0.2) is 0 Å². The normalized spacial score (nSPS) is 19.1. The van der Waals surface area contributed by atoms with Crippen LogP contribution in [0.1, 0.15) is 32.7 Å². The third-order valence-corrected chi connectivity index (χ3v) is 6.01. The van der Waals surface area contributed by atoms with E-state index in [2.05, 4.69) is 5.10 Å². The fraction of sp³-hybridized carbons (Fsp3) is 0.750. The van der Waals surface area contributed by atoms with Gasteiger partial charge in [0.25, 0.3) is 10.2 Å². The van der Waals surface area contributed by atoms with Crippen molar-refractivity contribution >= 4 is 16.0 Å². The molecule has 0 aromatic carbocycles. The van der Waals surface area contributed by atoms with Crippen LogP contribution in [0.5, 0.6) is 0 Å². The Morgan fingerprint density at radius 1 is 1.40 bits per heavy atom. The number of rotatable bonds is 4. The van der Waals surface area contributed by atoms with Gasteiger partial charge in [0.2, 0.25) is 0 Å². The van der Waals surface area contributed by atoms with Crippen LogP contribution in [0.25, 0.3) is 0 Å². The largest absolute Gasteiger partial charge is 0.382 e. The number of anilines is 1. The number of aromatic nitrogens is 2. The van der Waals surface area contributed by atoms with E-state index < -0.39 is 10.2 Å². The fourth-order valence-corrected chi connectivity index (χ4v) is 3.91. The predicted octanol–water partition coefficient (Wildman–Crippen LogP) is 0.687. The van der Waals surface area contributed by atoms with Gasteiger partial charge in [0, 0.05) is 32.4 Å². The maximum atomic E-state index is 12.4. The summed E-state index contributed by atoms with van der Waals surface area (Å²) in [5.74, 6) is 0.500. The highest BCUT2D eigenvalue weighted by molar-refractivity contribution is 7.86. The van der Waals surface area contributed by atoms with Crippen molar-refractivity contribution in [2.75, 3.05) is 25.9 Å². The molecule has 1 aliphatic rings. The van der Waals surface area contributed by atoms with Crippen molar-refractivity contribution < 1.29 is 8.42 Å². The molecule has 0 unspecified atom stereocenters. The number of nitrogens with two attached hydrogens (primary N) is 1. The monoisotopic (exact) mass is 301 g/mol. The summed E-state index contributed by atoms with van der Waals surface area (Å²) in [7, 11) is -1.72. The molecule has 1 fully saturated rings. The lowest BCUT2D eigenvalue weighted by atomic mass is 10.1. The molecule has 7 nitrogen and oxygen atoms in total. The molecule has 0 amide bonds. The minimum atomic E-state index is -3.35. The summed E-state index contributed by atoms with van der Waals surface area (Å²) in [5.41, 5.74) is 5.61. The lowest BCUT2D eigenvalue weighted by molar-refractivity contribution is 0.244. The van der Waals surface area contributed by atoms with Crippen LogP contribution in [0, 0.1) is 0 Å². The lowest BCUT2D eigenvalue weighted by Crippen LogP contribution is -2.48. The van der Waals surface area contributed by atoms with Crippen LogP contribution in [0.2, 0.25) is 0 Å². The van der Waals surface area contributed by atoms with Crippen molar-refractivity contribution in [1.29, 1.82) is 0 Å². The summed E-state index contributed by atoms with van der Waals surface area (Å²) in [5, 5.41) is 4.20. The molecule has 0 saturated carbocycles. The Hall–Kier alpha value is -1.12. The van der Waals surface area contributed by atoms with E-state index in [1.54, 1.807) is 17.4 Å². The first-order chi connectivity index (χ1) is 9.32. The van der Waals surface area contributed by atoms with E-state index in [0.29, 0.717) is 18.9 Å². The lowest BCUT2D eigenvalue weighted by Gasteiger charge is -2.34. The molecule has 0 bridgehead atoms. The second kappa shape index (κ2) is 5.71. The molecule has 20 heavy (non-hydrogen) atoms. The summed E-state index contributed by atoms with van der Waals surface area (Å²) in [6.07, 6.45) is 3.36. The first-order valence-electron chi connectivity index (χ1n) is 6.86. The Balaban J connectivity index is 2.01. The van der Waals surface area contributed by atoms with Gasteiger partial charge >= 0.3 is 0 Å². The average molecular weight is 301 g/mol. The maximum absolute atomic E-state index is 12.4. The number of hydrogen-bond donors (Lipinski definition) is 1. The van der Waals surface area contributed by atoms with Gasteiger partial charge in [-0.1, -0.05) is 0 Å². The molecule has 8 heteroatoms. The summed E-state index contributed by atoms with van der Waals surface area (Å²) in [6.45, 7) is 4.78. The Kier molecular flexibility index (Phi) is 4.36. The molecule has 2 N–H and O–H groups in total. The molecule has 0 radical (unpaired) electrons. The highest BCUT2D eigenvalue weighted by Crippen LogP contribution is 2.25. The summed E-state index contributed by atoms with van der Waals surface area (Å²) in [6, 6.07) is 1.95. The first-order valence-corrected chi connectivity index (χ1v) is 8.26. The number of piperidine rings is 1. The highest BCUT2D eigenvalue weighted by atomic mass is 32.2. The van der Waals surface area contributed by atoms with Gasteiger partial charge in [-0.2, -0.15) is 22.1 Å². The van der Waals surface area contributed by atoms with E-state index in [1.165, 1.54) is 4.31 Å². The van der Waals surface area contributed by atoms with E-state index in [4.69, 9.17) is 5.73 Å². The second-order valence-electron chi connectivity index (χ2n) is 5.47. The summed E-state index contributed by atoms with van der Waals surface area (Å²) in [4.78, 5) is 0. The molecule has 0 atom stereocenters. The summed E-state index contributed by atoms with van der Waals surface area (Å²) < 4.78 is 29.6. The number of nitrogen functional groups attached to an aromatic ring is 1. The van der Waals surface area contributed by atoms with Crippen molar-refractivity contribution in [2.24, 2.45) is 0 Å². The van der Waals surface area contributed by atoms with Crippen LogP contribution < -0.4 is 5.73 Å². The minimum absolute atomic E-state index is 0.0383. The first kappa shape index (κ1) is 15.3. The molecule has 1 aliphatic heterocycles. The zero-order chi connectivity index (χ0) is 14.9. The molecule has 1 saturated heterocycles. The number of nitrogens with zero attached hydrogens (tertiary/aromatic N) is 4. The zero-order valence-electron chi connectivity index (χ0n) is 12.2. The van der Waals surface area contributed by atoms with E-state index in [0.717, 1.165) is 12.8 Å². The molecule has 2 rings (SSSR count). The Bertz CT molecular complexity index is 546. The van der Waals surface area contributed by atoms with Crippen molar-refractivity contribution in [3.05, 3.63) is 12.3 Å². The Morgan fingerprint density at radius 3 is 2.45 bits per heavy atom. The van der Waals surface area contributed by atoms with Gasteiger partial charge in [0.1, 0.15) is 5.82 Å². The van der Waals surface area contributed by atoms with Crippen molar-refractivity contribution in [3.63, 3.8) is 0 Å². The summed E-state index contributed by atoms with van der Waals surface area (Å²) >= 11 is 0. The molecular formula is C12H23N5O2S. The van der Waals surface area contributed by atoms with Crippen LogP contribution >= 0.6 is 0 Å². The highest BCUT2D eigenvalue weighted by Gasteiger charge is 2.32. The SMILES string of the molecule is CC(C)N(C)S(=O)(=O)N1CCC(n2ccc(N)n2)CC1. The van der Waals surface area contributed by atoms with Crippen LogP contribution in [0.15, 0.2) is 12.3 Å². The molecule has 0 aliphatic carbocycles. The topological polar surface area (TPSA) is 84.5 Å². The van der Waals surface area contributed by atoms with Crippen LogP contribution in [-0.4, -0.2) is 53.0 Å². The Labute approximate surface area is 120 Å².